The second kappa shape index (κ2) is 6.26. The Morgan fingerprint density at radius 1 is 1.24 bits per heavy atom. The van der Waals surface area contributed by atoms with E-state index < -0.39 is 11.7 Å². The van der Waals surface area contributed by atoms with Crippen molar-refractivity contribution >= 4 is 11.6 Å². The molecule has 3 N–H and O–H groups in total. The van der Waals surface area contributed by atoms with Crippen LogP contribution in [0.3, 0.4) is 0 Å². The second-order valence-corrected chi connectivity index (χ2v) is 4.73. The zero-order valence-electron chi connectivity index (χ0n) is 11.7. The molecule has 2 aromatic carbocycles. The number of halogens is 1. The molecule has 0 heterocycles. The molecule has 0 aromatic heterocycles. The van der Waals surface area contributed by atoms with Crippen LogP contribution >= 0.6 is 0 Å². The molecule has 1 amide bonds. The lowest BCUT2D eigenvalue weighted by Crippen LogP contribution is -2.30. The summed E-state index contributed by atoms with van der Waals surface area (Å²) in [5.74, 6) is -1.34. The Labute approximate surface area is 122 Å². The molecule has 0 fully saturated rings. The van der Waals surface area contributed by atoms with Crippen LogP contribution in [-0.4, -0.2) is 22.5 Å². The Morgan fingerprint density at radius 3 is 2.48 bits per heavy atom. The summed E-state index contributed by atoms with van der Waals surface area (Å²) in [5, 5.41) is 9.20. The molecule has 110 valence electrons. The summed E-state index contributed by atoms with van der Waals surface area (Å²) in [6, 6.07) is 10.7. The number of anilines is 1. The molecular weight excluding hydrogens is 271 g/mol. The standard InChI is InChI=1S/C16H17FN2O2/c1-2-19(10-11-3-5-12(18)6-4-11)16(21)14-8-7-13(20)9-15(14)17/h3-9,20H,2,10,18H2,1H3. The molecule has 0 unspecified atom stereocenters. The summed E-state index contributed by atoms with van der Waals surface area (Å²) in [6.45, 7) is 2.65. The zero-order chi connectivity index (χ0) is 15.4. The molecule has 0 saturated heterocycles. The fourth-order valence-corrected chi connectivity index (χ4v) is 2.02. The van der Waals surface area contributed by atoms with E-state index in [4.69, 9.17) is 5.73 Å². The number of rotatable bonds is 4. The molecular formula is C16H17FN2O2. The number of nitrogens with two attached hydrogens (primary N) is 1. The van der Waals surface area contributed by atoms with Crippen molar-refractivity contribution in [1.29, 1.82) is 0 Å². The van der Waals surface area contributed by atoms with Crippen molar-refractivity contribution in [1.82, 2.24) is 4.90 Å². The van der Waals surface area contributed by atoms with Gasteiger partial charge >= 0.3 is 0 Å². The number of phenolic OH excluding ortho intramolecular Hbond substituents is 1. The first-order chi connectivity index (χ1) is 10.0. The first kappa shape index (κ1) is 14.8. The Morgan fingerprint density at radius 2 is 1.90 bits per heavy atom. The third-order valence-corrected chi connectivity index (χ3v) is 3.21. The predicted octanol–water partition coefficient (Wildman–Crippen LogP) is 2.78. The molecule has 21 heavy (non-hydrogen) atoms. The number of nitrogen functional groups attached to an aromatic ring is 1. The van der Waals surface area contributed by atoms with Crippen LogP contribution in [0.5, 0.6) is 5.75 Å². The number of nitrogens with zero attached hydrogens (tertiary/aromatic N) is 1. The van der Waals surface area contributed by atoms with E-state index in [0.29, 0.717) is 18.8 Å². The van der Waals surface area contributed by atoms with Crippen molar-refractivity contribution in [2.45, 2.75) is 13.5 Å². The van der Waals surface area contributed by atoms with Crippen LogP contribution in [0.4, 0.5) is 10.1 Å². The van der Waals surface area contributed by atoms with Crippen molar-refractivity contribution in [3.05, 3.63) is 59.4 Å². The highest BCUT2D eigenvalue weighted by molar-refractivity contribution is 5.94. The highest BCUT2D eigenvalue weighted by atomic mass is 19.1. The van der Waals surface area contributed by atoms with Gasteiger partial charge in [0.15, 0.2) is 0 Å². The lowest BCUT2D eigenvalue weighted by molar-refractivity contribution is 0.0748. The number of carbonyl (C=O) groups is 1. The van der Waals surface area contributed by atoms with Crippen LogP contribution in [-0.2, 0) is 6.54 Å². The number of phenols is 1. The van der Waals surface area contributed by atoms with Gasteiger partial charge in [0.2, 0.25) is 0 Å². The molecule has 2 rings (SSSR count). The van der Waals surface area contributed by atoms with Crippen LogP contribution in [0, 0.1) is 5.82 Å². The van der Waals surface area contributed by atoms with E-state index >= 15 is 0 Å². The first-order valence-electron chi connectivity index (χ1n) is 6.63. The average Bonchev–Trinajstić information content (AvgIpc) is 2.46. The minimum absolute atomic E-state index is 0.0508. The van der Waals surface area contributed by atoms with Gasteiger partial charge in [0, 0.05) is 24.8 Å². The number of hydrogen-bond donors (Lipinski definition) is 2. The lowest BCUT2D eigenvalue weighted by Gasteiger charge is -2.21. The van der Waals surface area contributed by atoms with E-state index in [-0.39, 0.29) is 11.3 Å². The van der Waals surface area contributed by atoms with Gasteiger partial charge in [-0.2, -0.15) is 0 Å². The number of benzene rings is 2. The van der Waals surface area contributed by atoms with E-state index in [2.05, 4.69) is 0 Å². The molecule has 5 heteroatoms. The number of amides is 1. The SMILES string of the molecule is CCN(Cc1ccc(N)cc1)C(=O)c1ccc(O)cc1F. The first-order valence-corrected chi connectivity index (χ1v) is 6.63. The van der Waals surface area contributed by atoms with Crippen LogP contribution in [0.2, 0.25) is 0 Å². The quantitative estimate of drug-likeness (QED) is 0.850. The van der Waals surface area contributed by atoms with Crippen molar-refractivity contribution in [3.8, 4) is 5.75 Å². The van der Waals surface area contributed by atoms with Gasteiger partial charge in [-0.25, -0.2) is 4.39 Å². The molecule has 0 spiro atoms. The molecule has 0 saturated carbocycles. The van der Waals surface area contributed by atoms with Gasteiger partial charge in [-0.1, -0.05) is 12.1 Å². The lowest BCUT2D eigenvalue weighted by atomic mass is 10.1. The summed E-state index contributed by atoms with van der Waals surface area (Å²) >= 11 is 0. The van der Waals surface area contributed by atoms with Crippen LogP contribution in [0.1, 0.15) is 22.8 Å². The Bertz CT molecular complexity index is 641. The van der Waals surface area contributed by atoms with E-state index in [1.807, 2.05) is 19.1 Å². The van der Waals surface area contributed by atoms with Crippen LogP contribution < -0.4 is 5.73 Å². The van der Waals surface area contributed by atoms with Gasteiger partial charge in [0.25, 0.3) is 5.91 Å². The minimum atomic E-state index is -0.726. The second-order valence-electron chi connectivity index (χ2n) is 4.73. The van der Waals surface area contributed by atoms with Crippen LogP contribution in [0.15, 0.2) is 42.5 Å². The van der Waals surface area contributed by atoms with E-state index in [0.717, 1.165) is 11.6 Å². The molecule has 2 aromatic rings. The zero-order valence-corrected chi connectivity index (χ0v) is 11.7. The van der Waals surface area contributed by atoms with Crippen LogP contribution in [0.25, 0.3) is 0 Å². The van der Waals surface area contributed by atoms with Gasteiger partial charge in [-0.05, 0) is 36.8 Å². The number of carbonyl (C=O) groups excluding carboxylic acids is 1. The molecule has 0 aliphatic heterocycles. The van der Waals surface area contributed by atoms with Crippen molar-refractivity contribution in [2.24, 2.45) is 0 Å². The highest BCUT2D eigenvalue weighted by Gasteiger charge is 2.18. The monoisotopic (exact) mass is 288 g/mol. The highest BCUT2D eigenvalue weighted by Crippen LogP contribution is 2.18. The molecule has 4 nitrogen and oxygen atoms in total. The largest absolute Gasteiger partial charge is 0.508 e. The normalized spacial score (nSPS) is 10.4. The maximum absolute atomic E-state index is 13.8. The summed E-state index contributed by atoms with van der Waals surface area (Å²) in [5.41, 5.74) is 7.14. The minimum Gasteiger partial charge on any atom is -0.508 e. The summed E-state index contributed by atoms with van der Waals surface area (Å²) < 4.78 is 13.8. The maximum atomic E-state index is 13.8. The van der Waals surface area contributed by atoms with Gasteiger partial charge in [-0.15, -0.1) is 0 Å². The number of aromatic hydroxyl groups is 1. The van der Waals surface area contributed by atoms with Crippen molar-refractivity contribution < 1.29 is 14.3 Å². The molecule has 0 radical (unpaired) electrons. The smallest absolute Gasteiger partial charge is 0.257 e. The summed E-state index contributed by atoms with van der Waals surface area (Å²) in [7, 11) is 0. The van der Waals surface area contributed by atoms with Gasteiger partial charge in [0.1, 0.15) is 11.6 Å². The third kappa shape index (κ3) is 3.51. The Hall–Kier alpha value is -2.56. The van der Waals surface area contributed by atoms with E-state index in [1.54, 1.807) is 12.1 Å². The predicted molar refractivity (Wildman–Crippen MR) is 79.3 cm³/mol. The number of hydrogen-bond acceptors (Lipinski definition) is 3. The molecule has 0 aliphatic carbocycles. The van der Waals surface area contributed by atoms with Crippen molar-refractivity contribution in [2.75, 3.05) is 12.3 Å². The third-order valence-electron chi connectivity index (χ3n) is 3.21. The fraction of sp³-hybridized carbons (Fsp3) is 0.188. The fourth-order valence-electron chi connectivity index (χ4n) is 2.02. The van der Waals surface area contributed by atoms with E-state index in [1.165, 1.54) is 17.0 Å². The van der Waals surface area contributed by atoms with Crippen molar-refractivity contribution in [3.63, 3.8) is 0 Å². The Kier molecular flexibility index (Phi) is 4.42. The molecule has 0 bridgehead atoms. The van der Waals surface area contributed by atoms with Gasteiger partial charge in [0.05, 0.1) is 5.56 Å². The molecule has 0 aliphatic rings. The van der Waals surface area contributed by atoms with E-state index in [9.17, 15) is 14.3 Å². The summed E-state index contributed by atoms with van der Waals surface area (Å²) in [4.78, 5) is 13.9. The summed E-state index contributed by atoms with van der Waals surface area (Å²) in [6.07, 6.45) is 0. The maximum Gasteiger partial charge on any atom is 0.257 e. The topological polar surface area (TPSA) is 66.6 Å². The Balaban J connectivity index is 2.20. The van der Waals surface area contributed by atoms with Gasteiger partial charge < -0.3 is 15.7 Å². The molecule has 0 atom stereocenters. The van der Waals surface area contributed by atoms with Gasteiger partial charge in [-0.3, -0.25) is 4.79 Å². The average molecular weight is 288 g/mol.